The number of nitrogens with zero attached hydrogens (tertiary/aromatic N) is 1. The lowest BCUT2D eigenvalue weighted by atomic mass is 11.0. The van der Waals surface area contributed by atoms with Gasteiger partial charge in [-0.2, -0.15) is 8.42 Å². The maximum Gasteiger partial charge on any atom is 0.439 e. The predicted octanol–water partition coefficient (Wildman–Crippen LogP) is -2.04. The van der Waals surface area contributed by atoms with E-state index in [9.17, 15) is 8.42 Å². The van der Waals surface area contributed by atoms with Crippen LogP contribution in [0.1, 0.15) is 0 Å². The summed E-state index contributed by atoms with van der Waals surface area (Å²) < 4.78 is 62.2. The second kappa shape index (κ2) is 4.47. The molecule has 0 amide bonds. The van der Waals surface area contributed by atoms with E-state index in [1.165, 1.54) is 12.4 Å². The van der Waals surface area contributed by atoms with Crippen LogP contribution in [0.25, 0.3) is 0 Å². The van der Waals surface area contributed by atoms with E-state index < -0.39 is 20.7 Å². The van der Waals surface area contributed by atoms with Gasteiger partial charge in [-0.3, -0.25) is 9.11 Å². The number of aromatic amines is 1. The first-order valence-electron chi connectivity index (χ1n) is 2.81. The van der Waals surface area contributed by atoms with E-state index in [-0.39, 0.29) is 0 Å². The fourth-order valence-corrected chi connectivity index (χ4v) is 0.828. The van der Waals surface area contributed by atoms with Gasteiger partial charge < -0.3 is 4.55 Å². The molecular formula is C3H6N2O7S2. The van der Waals surface area contributed by atoms with Gasteiger partial charge in [0.2, 0.25) is 10.4 Å². The van der Waals surface area contributed by atoms with Crippen LogP contribution in [-0.4, -0.2) is 35.5 Å². The molecule has 0 spiro atoms. The van der Waals surface area contributed by atoms with Gasteiger partial charge in [0, 0.05) is 0 Å². The Morgan fingerprint density at radius 1 is 1.21 bits per heavy atom. The summed E-state index contributed by atoms with van der Waals surface area (Å²) >= 11 is 0. The molecule has 0 fully saturated rings. The standard InChI is InChI=1S/C3H4N2O3S.H2O4S/c6-9(7,8)5-2-1-4-3-5;1-5(2,3)4/h1-3H,(H,6,7,8);(H2,1,2,3,4). The van der Waals surface area contributed by atoms with Gasteiger partial charge in [0.15, 0.2) is 0 Å². The van der Waals surface area contributed by atoms with Gasteiger partial charge in [0.25, 0.3) is 6.33 Å². The normalized spacial score (nSPS) is 11.6. The van der Waals surface area contributed by atoms with Gasteiger partial charge >= 0.3 is 10.3 Å². The molecule has 9 nitrogen and oxygen atoms in total. The van der Waals surface area contributed by atoms with Crippen molar-refractivity contribution in [2.45, 2.75) is 0 Å². The zero-order chi connectivity index (χ0) is 11.4. The SMILES string of the molecule is O=S(=O)(O)[n+]1cc[nH]c1.O=S(=O)([O-])O. The largest absolute Gasteiger partial charge is 0.726 e. The first kappa shape index (κ1) is 13.0. The molecule has 0 aliphatic rings. The molecule has 0 aromatic carbocycles. The molecular weight excluding hydrogens is 240 g/mol. The molecule has 3 N–H and O–H groups in total. The number of nitrogens with one attached hydrogen (secondary N) is 1. The number of hydrogen-bond acceptors (Lipinski definition) is 5. The number of H-pyrrole nitrogens is 1. The first-order chi connectivity index (χ1) is 6.11. The van der Waals surface area contributed by atoms with Crippen molar-refractivity contribution in [2.24, 2.45) is 0 Å². The minimum atomic E-state index is -4.92. The van der Waals surface area contributed by atoms with Gasteiger partial charge in [0.05, 0.1) is 0 Å². The summed E-state index contributed by atoms with van der Waals surface area (Å²) in [4.78, 5) is 2.46. The monoisotopic (exact) mass is 246 g/mol. The molecule has 1 heterocycles. The second-order valence-electron chi connectivity index (χ2n) is 1.85. The predicted molar refractivity (Wildman–Crippen MR) is 40.3 cm³/mol. The van der Waals surface area contributed by atoms with Crippen molar-refractivity contribution in [3.63, 3.8) is 0 Å². The van der Waals surface area contributed by atoms with Crippen LogP contribution in [0.2, 0.25) is 0 Å². The van der Waals surface area contributed by atoms with Crippen molar-refractivity contribution < 1.29 is 34.5 Å². The zero-order valence-corrected chi connectivity index (χ0v) is 8.06. The Morgan fingerprint density at radius 3 is 1.79 bits per heavy atom. The smallest absolute Gasteiger partial charge is 0.439 e. The quantitative estimate of drug-likeness (QED) is 0.293. The van der Waals surface area contributed by atoms with E-state index in [1.54, 1.807) is 0 Å². The zero-order valence-electron chi connectivity index (χ0n) is 6.43. The lowest BCUT2D eigenvalue weighted by Gasteiger charge is -1.88. The van der Waals surface area contributed by atoms with Crippen molar-refractivity contribution in [1.82, 2.24) is 4.98 Å². The Balaban J connectivity index is 0.000000292. The minimum absolute atomic E-state index is 0.660. The molecule has 0 saturated heterocycles. The average molecular weight is 246 g/mol. The minimum Gasteiger partial charge on any atom is -0.726 e. The summed E-state index contributed by atoms with van der Waals surface area (Å²) in [7, 11) is -8.99. The average Bonchev–Trinajstić information content (AvgIpc) is 2.28. The number of rotatable bonds is 1. The van der Waals surface area contributed by atoms with Crippen molar-refractivity contribution in [1.29, 1.82) is 0 Å². The molecule has 11 heteroatoms. The van der Waals surface area contributed by atoms with Gasteiger partial charge in [-0.05, 0) is 0 Å². The molecule has 1 aromatic rings. The van der Waals surface area contributed by atoms with Crippen LogP contribution in [0.15, 0.2) is 18.7 Å². The molecule has 1 aromatic heterocycles. The van der Waals surface area contributed by atoms with E-state index in [0.29, 0.717) is 3.97 Å². The Hall–Kier alpha value is -1.01. The Labute approximate surface area is 79.5 Å². The maximum absolute atomic E-state index is 10.2. The summed E-state index contributed by atoms with van der Waals surface area (Å²) in [6.45, 7) is 0. The number of aromatic nitrogens is 2. The van der Waals surface area contributed by atoms with E-state index in [2.05, 4.69) is 4.98 Å². The molecule has 0 unspecified atom stereocenters. The van der Waals surface area contributed by atoms with Crippen LogP contribution in [0.3, 0.4) is 0 Å². The first-order valence-corrected chi connectivity index (χ1v) is 5.57. The highest BCUT2D eigenvalue weighted by Gasteiger charge is 2.11. The number of imidazole rings is 1. The van der Waals surface area contributed by atoms with Crippen molar-refractivity contribution in [2.75, 3.05) is 0 Å². The third-order valence-electron chi connectivity index (χ3n) is 0.786. The lowest BCUT2D eigenvalue weighted by molar-refractivity contribution is -0.517. The molecule has 0 atom stereocenters. The fraction of sp³-hybridized carbons (Fsp3) is 0. The second-order valence-corrected chi connectivity index (χ2v) is 4.02. The molecule has 82 valence electrons. The molecule has 0 bridgehead atoms. The molecule has 1 rings (SSSR count). The fourth-order valence-electron chi connectivity index (χ4n) is 0.420. The topological polar surface area (TPSA) is 151 Å². The molecule has 0 saturated carbocycles. The maximum atomic E-state index is 10.2. The van der Waals surface area contributed by atoms with Crippen LogP contribution < -0.4 is 3.97 Å². The summed E-state index contributed by atoms with van der Waals surface area (Å²) in [5.41, 5.74) is 0. The Kier molecular flexibility index (Phi) is 4.15. The van der Waals surface area contributed by atoms with Crippen LogP contribution in [0, 0.1) is 0 Å². The molecule has 0 aliphatic carbocycles. The van der Waals surface area contributed by atoms with Gasteiger partial charge in [-0.25, -0.2) is 13.4 Å². The van der Waals surface area contributed by atoms with Gasteiger partial charge in [-0.1, -0.05) is 0 Å². The van der Waals surface area contributed by atoms with E-state index in [4.69, 9.17) is 22.1 Å². The highest BCUT2D eigenvalue weighted by molar-refractivity contribution is 7.79. The lowest BCUT2D eigenvalue weighted by Crippen LogP contribution is -2.39. The Morgan fingerprint density at radius 2 is 1.64 bits per heavy atom. The van der Waals surface area contributed by atoms with Crippen molar-refractivity contribution >= 4 is 20.7 Å². The Bertz CT molecular complexity index is 449. The van der Waals surface area contributed by atoms with Crippen LogP contribution in [0.5, 0.6) is 0 Å². The van der Waals surface area contributed by atoms with E-state index >= 15 is 0 Å². The summed E-state index contributed by atoms with van der Waals surface area (Å²) in [6.07, 6.45) is 3.69. The van der Waals surface area contributed by atoms with Crippen molar-refractivity contribution in [3.05, 3.63) is 18.7 Å². The van der Waals surface area contributed by atoms with Crippen molar-refractivity contribution in [3.8, 4) is 0 Å². The summed E-state index contributed by atoms with van der Waals surface area (Å²) in [5.74, 6) is 0. The summed E-state index contributed by atoms with van der Waals surface area (Å²) in [6, 6.07) is 0. The third kappa shape index (κ3) is 7.63. The van der Waals surface area contributed by atoms with Gasteiger partial charge in [0.1, 0.15) is 12.4 Å². The molecule has 0 radical (unpaired) electrons. The van der Waals surface area contributed by atoms with Crippen LogP contribution >= 0.6 is 0 Å². The summed E-state index contributed by atoms with van der Waals surface area (Å²) in [5, 5.41) is 0. The van der Waals surface area contributed by atoms with E-state index in [1.807, 2.05) is 0 Å². The third-order valence-corrected chi connectivity index (χ3v) is 1.55. The van der Waals surface area contributed by atoms with Crippen LogP contribution in [0.4, 0.5) is 0 Å². The highest BCUT2D eigenvalue weighted by atomic mass is 32.3. The van der Waals surface area contributed by atoms with E-state index in [0.717, 1.165) is 6.33 Å². The van der Waals surface area contributed by atoms with Crippen LogP contribution in [-0.2, 0) is 20.7 Å². The molecule has 14 heavy (non-hydrogen) atoms. The van der Waals surface area contributed by atoms with Gasteiger partial charge in [-0.15, -0.1) is 3.97 Å². The highest BCUT2D eigenvalue weighted by Crippen LogP contribution is 1.73. The number of hydrogen-bond donors (Lipinski definition) is 3. The molecule has 0 aliphatic heterocycles.